The average molecular weight is 212 g/mol. The Morgan fingerprint density at radius 3 is 2.81 bits per heavy atom. The van der Waals surface area contributed by atoms with E-state index >= 15 is 0 Å². The van der Waals surface area contributed by atoms with E-state index < -0.39 is 0 Å². The van der Waals surface area contributed by atoms with Crippen molar-refractivity contribution >= 4 is 17.4 Å². The van der Waals surface area contributed by atoms with Gasteiger partial charge in [-0.2, -0.15) is 0 Å². The molecule has 16 heavy (non-hydrogen) atoms. The van der Waals surface area contributed by atoms with Gasteiger partial charge in [0, 0.05) is 6.42 Å². The highest BCUT2D eigenvalue weighted by Crippen LogP contribution is 2.29. The monoisotopic (exact) mass is 212 g/mol. The predicted molar refractivity (Wildman–Crippen MR) is 68.1 cm³/mol. The van der Waals surface area contributed by atoms with Gasteiger partial charge in [0.05, 0.1) is 0 Å². The van der Waals surface area contributed by atoms with Crippen LogP contribution in [0.4, 0.5) is 0 Å². The lowest BCUT2D eigenvalue weighted by atomic mass is 9.89. The number of aryl methyl sites for hydroxylation is 1. The summed E-state index contributed by atoms with van der Waals surface area (Å²) in [5, 5.41) is 0. The van der Waals surface area contributed by atoms with E-state index in [-0.39, 0.29) is 5.78 Å². The molecule has 0 N–H and O–H groups in total. The van der Waals surface area contributed by atoms with Crippen LogP contribution in [0.3, 0.4) is 0 Å². The summed E-state index contributed by atoms with van der Waals surface area (Å²) in [6.07, 6.45) is 6.31. The Kier molecular flexibility index (Phi) is 3.04. The summed E-state index contributed by atoms with van der Waals surface area (Å²) in [4.78, 5) is 11.4. The van der Waals surface area contributed by atoms with Crippen LogP contribution in [0.1, 0.15) is 36.0 Å². The molecule has 1 aromatic carbocycles. The molecule has 2 rings (SSSR count). The van der Waals surface area contributed by atoms with E-state index in [0.29, 0.717) is 6.42 Å². The standard InChI is InChI=1S/C15H16O/c1-3-12-8-7-11(2)9-15(12)13-5-4-6-14(16)10-13/h3,7-10H,1,4-6H2,2H3. The molecular weight excluding hydrogens is 196 g/mol. The van der Waals surface area contributed by atoms with Gasteiger partial charge in [0.2, 0.25) is 0 Å². The zero-order valence-electron chi connectivity index (χ0n) is 9.62. The first-order valence-corrected chi connectivity index (χ1v) is 5.67. The molecule has 0 saturated heterocycles. The number of hydrogen-bond acceptors (Lipinski definition) is 1. The number of allylic oxidation sites excluding steroid dienone is 2. The van der Waals surface area contributed by atoms with E-state index in [4.69, 9.17) is 0 Å². The normalized spacial score (nSPS) is 15.8. The molecule has 0 aliphatic heterocycles. The fourth-order valence-corrected chi connectivity index (χ4v) is 2.13. The maximum Gasteiger partial charge on any atom is 0.155 e. The molecule has 0 spiro atoms. The highest BCUT2D eigenvalue weighted by atomic mass is 16.1. The summed E-state index contributed by atoms with van der Waals surface area (Å²) in [6.45, 7) is 5.89. The molecule has 1 aliphatic rings. The van der Waals surface area contributed by atoms with Crippen molar-refractivity contribution in [2.75, 3.05) is 0 Å². The van der Waals surface area contributed by atoms with E-state index in [0.717, 1.165) is 24.0 Å². The quantitative estimate of drug-likeness (QED) is 0.729. The largest absolute Gasteiger partial charge is 0.295 e. The van der Waals surface area contributed by atoms with Gasteiger partial charge in [-0.05, 0) is 42.5 Å². The Morgan fingerprint density at radius 1 is 1.31 bits per heavy atom. The number of rotatable bonds is 2. The molecule has 1 aliphatic carbocycles. The SMILES string of the molecule is C=Cc1ccc(C)cc1C1=CC(=O)CCC1. The molecule has 0 heterocycles. The van der Waals surface area contributed by atoms with Gasteiger partial charge in [0.15, 0.2) is 5.78 Å². The van der Waals surface area contributed by atoms with Crippen LogP contribution >= 0.6 is 0 Å². The van der Waals surface area contributed by atoms with Crippen molar-refractivity contribution in [1.82, 2.24) is 0 Å². The highest BCUT2D eigenvalue weighted by molar-refractivity contribution is 5.99. The Morgan fingerprint density at radius 2 is 2.12 bits per heavy atom. The summed E-state index contributed by atoms with van der Waals surface area (Å²) in [6, 6.07) is 6.28. The van der Waals surface area contributed by atoms with Crippen LogP contribution in [0.2, 0.25) is 0 Å². The zero-order valence-corrected chi connectivity index (χ0v) is 9.62. The minimum Gasteiger partial charge on any atom is -0.295 e. The summed E-state index contributed by atoms with van der Waals surface area (Å²) in [7, 11) is 0. The molecule has 82 valence electrons. The van der Waals surface area contributed by atoms with Crippen molar-refractivity contribution in [2.45, 2.75) is 26.2 Å². The topological polar surface area (TPSA) is 17.1 Å². The van der Waals surface area contributed by atoms with Crippen molar-refractivity contribution in [1.29, 1.82) is 0 Å². The van der Waals surface area contributed by atoms with Gasteiger partial charge in [-0.1, -0.05) is 36.4 Å². The van der Waals surface area contributed by atoms with Gasteiger partial charge in [-0.15, -0.1) is 0 Å². The van der Waals surface area contributed by atoms with Crippen LogP contribution in [-0.4, -0.2) is 5.78 Å². The summed E-state index contributed by atoms with van der Waals surface area (Å²) >= 11 is 0. The third kappa shape index (κ3) is 2.13. The third-order valence-electron chi connectivity index (χ3n) is 2.98. The van der Waals surface area contributed by atoms with Gasteiger partial charge < -0.3 is 0 Å². The van der Waals surface area contributed by atoms with Gasteiger partial charge in [0.25, 0.3) is 0 Å². The first-order chi connectivity index (χ1) is 7.70. The molecule has 0 atom stereocenters. The van der Waals surface area contributed by atoms with Crippen LogP contribution in [0.5, 0.6) is 0 Å². The van der Waals surface area contributed by atoms with Gasteiger partial charge >= 0.3 is 0 Å². The molecule has 0 aromatic heterocycles. The van der Waals surface area contributed by atoms with E-state index in [1.807, 2.05) is 6.08 Å². The maximum atomic E-state index is 11.4. The number of ketones is 1. The number of benzene rings is 1. The molecule has 0 saturated carbocycles. The summed E-state index contributed by atoms with van der Waals surface area (Å²) in [5.74, 6) is 0.248. The first kappa shape index (κ1) is 10.9. The molecule has 0 bridgehead atoms. The number of carbonyl (C=O) groups excluding carboxylic acids is 1. The number of hydrogen-bond donors (Lipinski definition) is 0. The lowest BCUT2D eigenvalue weighted by Crippen LogP contribution is -2.03. The second kappa shape index (κ2) is 4.48. The van der Waals surface area contributed by atoms with Gasteiger partial charge in [-0.3, -0.25) is 4.79 Å². The molecule has 0 amide bonds. The lowest BCUT2D eigenvalue weighted by molar-refractivity contribution is -0.114. The Hall–Kier alpha value is -1.63. The molecule has 0 radical (unpaired) electrons. The molecule has 1 heteroatoms. The van der Waals surface area contributed by atoms with Crippen LogP contribution in [0.25, 0.3) is 11.6 Å². The fraction of sp³-hybridized carbons (Fsp3) is 0.267. The molecule has 0 unspecified atom stereocenters. The zero-order chi connectivity index (χ0) is 11.5. The minimum atomic E-state index is 0.248. The van der Waals surface area contributed by atoms with Crippen LogP contribution in [0, 0.1) is 6.92 Å². The average Bonchev–Trinajstić information content (AvgIpc) is 2.29. The van der Waals surface area contributed by atoms with Crippen LogP contribution < -0.4 is 0 Å². The maximum absolute atomic E-state index is 11.4. The first-order valence-electron chi connectivity index (χ1n) is 5.67. The number of carbonyl (C=O) groups is 1. The Balaban J connectivity index is 2.49. The van der Waals surface area contributed by atoms with E-state index in [9.17, 15) is 4.79 Å². The second-order valence-electron chi connectivity index (χ2n) is 4.28. The fourth-order valence-electron chi connectivity index (χ4n) is 2.13. The molecular formula is C15H16O. The van der Waals surface area contributed by atoms with Gasteiger partial charge in [0.1, 0.15) is 0 Å². The predicted octanol–water partition coefficient (Wildman–Crippen LogP) is 3.77. The smallest absolute Gasteiger partial charge is 0.155 e. The van der Waals surface area contributed by atoms with Crippen molar-refractivity contribution < 1.29 is 4.79 Å². The highest BCUT2D eigenvalue weighted by Gasteiger charge is 2.13. The van der Waals surface area contributed by atoms with E-state index in [1.165, 1.54) is 11.1 Å². The van der Waals surface area contributed by atoms with Crippen LogP contribution in [0.15, 0.2) is 30.9 Å². The lowest BCUT2D eigenvalue weighted by Gasteiger charge is -2.15. The third-order valence-corrected chi connectivity index (χ3v) is 2.98. The summed E-state index contributed by atoms with van der Waals surface area (Å²) < 4.78 is 0. The van der Waals surface area contributed by atoms with Crippen molar-refractivity contribution in [2.24, 2.45) is 0 Å². The Bertz CT molecular complexity index is 466. The minimum absolute atomic E-state index is 0.248. The van der Waals surface area contributed by atoms with Crippen molar-refractivity contribution in [3.63, 3.8) is 0 Å². The van der Waals surface area contributed by atoms with Gasteiger partial charge in [-0.25, -0.2) is 0 Å². The van der Waals surface area contributed by atoms with Crippen molar-refractivity contribution in [3.05, 3.63) is 47.5 Å². The van der Waals surface area contributed by atoms with E-state index in [2.05, 4.69) is 31.7 Å². The molecule has 1 aromatic rings. The van der Waals surface area contributed by atoms with Crippen LogP contribution in [-0.2, 0) is 4.79 Å². The Labute approximate surface area is 96.5 Å². The molecule has 1 nitrogen and oxygen atoms in total. The summed E-state index contributed by atoms with van der Waals surface area (Å²) in [5.41, 5.74) is 4.67. The molecule has 0 fully saturated rings. The van der Waals surface area contributed by atoms with Crippen molar-refractivity contribution in [3.8, 4) is 0 Å². The van der Waals surface area contributed by atoms with E-state index in [1.54, 1.807) is 6.08 Å². The second-order valence-corrected chi connectivity index (χ2v) is 4.28.